The van der Waals surface area contributed by atoms with Crippen molar-refractivity contribution in [1.82, 2.24) is 0 Å². The van der Waals surface area contributed by atoms with Gasteiger partial charge in [0.05, 0.1) is 6.61 Å². The van der Waals surface area contributed by atoms with Gasteiger partial charge in [0.15, 0.2) is 0 Å². The monoisotopic (exact) mass is 168 g/mol. The van der Waals surface area contributed by atoms with Crippen LogP contribution in [0, 0.1) is 0 Å². The van der Waals surface area contributed by atoms with Crippen LogP contribution in [0.5, 0.6) is 0 Å². The van der Waals surface area contributed by atoms with E-state index in [1.165, 1.54) is 0 Å². The van der Waals surface area contributed by atoms with E-state index in [0.717, 1.165) is 0 Å². The molecule has 5 nitrogen and oxygen atoms in total. The van der Waals surface area contributed by atoms with Crippen LogP contribution in [0.2, 0.25) is 0 Å². The minimum absolute atomic E-state index is 0.0456. The maximum absolute atomic E-state index is 10.2. The second-order valence-corrected chi connectivity index (χ2v) is 3.11. The van der Waals surface area contributed by atoms with Gasteiger partial charge in [-0.05, 0) is 6.42 Å². The number of hydrogen-bond donors (Lipinski definition) is 2. The summed E-state index contributed by atoms with van der Waals surface area (Å²) in [6, 6.07) is 0. The molecule has 60 valence electrons. The molecule has 0 saturated heterocycles. The van der Waals surface area contributed by atoms with Crippen LogP contribution in [-0.2, 0) is 9.30 Å². The topological polar surface area (TPSA) is 83.8 Å². The minimum atomic E-state index is -4.65. The lowest BCUT2D eigenvalue weighted by molar-refractivity contribution is 0.163. The molecule has 0 atom stereocenters. The molecule has 2 N–H and O–H groups in total. The first-order valence-electron chi connectivity index (χ1n) is 2.71. The zero-order valence-electron chi connectivity index (χ0n) is 5.48. The van der Waals surface area contributed by atoms with Gasteiger partial charge in [-0.2, -0.15) is 0 Å². The van der Waals surface area contributed by atoms with E-state index in [0.29, 0.717) is 6.42 Å². The lowest BCUT2D eigenvalue weighted by atomic mass is 10.5. The van der Waals surface area contributed by atoms with Crippen molar-refractivity contribution < 1.29 is 23.9 Å². The predicted octanol–water partition coefficient (Wildman–Crippen LogP) is 0.711. The second-order valence-electron chi connectivity index (χ2n) is 1.66. The van der Waals surface area contributed by atoms with E-state index in [1.54, 1.807) is 6.92 Å². The highest BCUT2D eigenvalue weighted by atomic mass is 31.2. The minimum Gasteiger partial charge on any atom is -0.457 e. The quantitative estimate of drug-likeness (QED) is 0.606. The molecule has 0 spiro atoms. The van der Waals surface area contributed by atoms with Crippen molar-refractivity contribution in [3.8, 4) is 0 Å². The van der Waals surface area contributed by atoms with Crippen molar-refractivity contribution in [3.05, 3.63) is 0 Å². The van der Waals surface area contributed by atoms with Crippen LogP contribution in [0.3, 0.4) is 0 Å². The smallest absolute Gasteiger partial charge is 0.433 e. The number of hydrogen-bond acceptors (Lipinski definition) is 3. The summed E-state index contributed by atoms with van der Waals surface area (Å²) in [6.07, 6.45) is 0.547. The molecule has 0 radical (unpaired) electrons. The van der Waals surface area contributed by atoms with E-state index in [1.807, 2.05) is 0 Å². The molecule has 0 bridgehead atoms. The largest absolute Gasteiger partial charge is 0.457 e. The molecule has 0 aromatic carbocycles. The summed E-state index contributed by atoms with van der Waals surface area (Å²) in [6.45, 7) is 1.77. The fourth-order valence-electron chi connectivity index (χ4n) is 0.273. The van der Waals surface area contributed by atoms with Gasteiger partial charge in [-0.1, -0.05) is 6.92 Å². The normalized spacial score (nSPS) is 11.1. The Hall–Kier alpha value is -0.380. The standard InChI is InChI=1S/C4H9O5P/c1-2-3-9-4(5)10(6,7)8/h2-3H2,1H3,(H2,6,7,8). The van der Waals surface area contributed by atoms with Gasteiger partial charge in [0.2, 0.25) is 0 Å². The molecule has 0 aromatic heterocycles. The van der Waals surface area contributed by atoms with E-state index in [-0.39, 0.29) is 6.61 Å². The maximum Gasteiger partial charge on any atom is 0.433 e. The van der Waals surface area contributed by atoms with Crippen molar-refractivity contribution >= 4 is 13.3 Å². The van der Waals surface area contributed by atoms with Gasteiger partial charge >= 0.3 is 13.3 Å². The second kappa shape index (κ2) is 3.71. The number of rotatable bonds is 3. The fourth-order valence-corrected chi connectivity index (χ4v) is 0.533. The first-order valence-corrected chi connectivity index (χ1v) is 4.32. The van der Waals surface area contributed by atoms with E-state index >= 15 is 0 Å². The summed E-state index contributed by atoms with van der Waals surface area (Å²) in [4.78, 5) is 26.5. The molecule has 0 aromatic rings. The number of carbonyl (C=O) groups excluding carboxylic acids is 1. The third-order valence-corrected chi connectivity index (χ3v) is 1.27. The molecule has 0 saturated carbocycles. The van der Waals surface area contributed by atoms with Gasteiger partial charge in [0, 0.05) is 0 Å². The van der Waals surface area contributed by atoms with Crippen LogP contribution >= 0.6 is 7.60 Å². The number of ether oxygens (including phenoxy) is 1. The molecular weight excluding hydrogens is 159 g/mol. The van der Waals surface area contributed by atoms with E-state index < -0.39 is 13.3 Å². The van der Waals surface area contributed by atoms with Crippen LogP contribution in [0.1, 0.15) is 13.3 Å². The van der Waals surface area contributed by atoms with E-state index in [9.17, 15) is 9.36 Å². The summed E-state index contributed by atoms with van der Waals surface area (Å²) < 4.78 is 14.2. The SMILES string of the molecule is CCCOC(=O)P(=O)(O)O. The van der Waals surface area contributed by atoms with Crippen LogP contribution in [0.15, 0.2) is 0 Å². The molecule has 0 aliphatic carbocycles. The van der Waals surface area contributed by atoms with Gasteiger partial charge in [0.25, 0.3) is 0 Å². The van der Waals surface area contributed by atoms with E-state index in [4.69, 9.17) is 9.79 Å². The van der Waals surface area contributed by atoms with Gasteiger partial charge in [-0.15, -0.1) is 0 Å². The van der Waals surface area contributed by atoms with Crippen LogP contribution in [0.25, 0.3) is 0 Å². The average molecular weight is 168 g/mol. The van der Waals surface area contributed by atoms with Crippen LogP contribution < -0.4 is 0 Å². The highest BCUT2D eigenvalue weighted by Crippen LogP contribution is 2.36. The lowest BCUT2D eigenvalue weighted by Crippen LogP contribution is -2.02. The summed E-state index contributed by atoms with van der Waals surface area (Å²) in [5.41, 5.74) is -1.45. The Morgan fingerprint density at radius 3 is 2.40 bits per heavy atom. The Morgan fingerprint density at radius 2 is 2.10 bits per heavy atom. The van der Waals surface area contributed by atoms with Crippen molar-refractivity contribution in [2.24, 2.45) is 0 Å². The Bertz CT molecular complexity index is 159. The molecule has 0 fully saturated rings. The van der Waals surface area contributed by atoms with Crippen LogP contribution in [-0.4, -0.2) is 22.1 Å². The molecule has 6 heteroatoms. The number of carbonyl (C=O) groups is 1. The Kier molecular flexibility index (Phi) is 3.57. The molecular formula is C4H9O5P. The molecule has 0 rings (SSSR count). The lowest BCUT2D eigenvalue weighted by Gasteiger charge is -2.02. The molecule has 0 aliphatic heterocycles. The Morgan fingerprint density at radius 1 is 1.60 bits per heavy atom. The maximum atomic E-state index is 10.2. The van der Waals surface area contributed by atoms with Crippen LogP contribution in [0.4, 0.5) is 4.79 Å². The van der Waals surface area contributed by atoms with Crippen molar-refractivity contribution in [2.75, 3.05) is 6.61 Å². The van der Waals surface area contributed by atoms with Gasteiger partial charge in [-0.3, -0.25) is 0 Å². The zero-order valence-corrected chi connectivity index (χ0v) is 6.38. The zero-order chi connectivity index (χ0) is 8.20. The van der Waals surface area contributed by atoms with Crippen molar-refractivity contribution in [3.63, 3.8) is 0 Å². The molecule has 0 unspecified atom stereocenters. The predicted molar refractivity (Wildman–Crippen MR) is 33.7 cm³/mol. The van der Waals surface area contributed by atoms with Gasteiger partial charge in [0.1, 0.15) is 0 Å². The molecule has 0 aliphatic rings. The Labute approximate surface area is 58.2 Å². The van der Waals surface area contributed by atoms with Gasteiger partial charge < -0.3 is 14.5 Å². The third-order valence-electron chi connectivity index (χ3n) is 0.667. The summed E-state index contributed by atoms with van der Waals surface area (Å²) in [7, 11) is -4.65. The van der Waals surface area contributed by atoms with Crippen molar-refractivity contribution in [1.29, 1.82) is 0 Å². The van der Waals surface area contributed by atoms with E-state index in [2.05, 4.69) is 4.74 Å². The first-order chi connectivity index (χ1) is 4.48. The first kappa shape index (κ1) is 9.62. The fraction of sp³-hybridized carbons (Fsp3) is 0.750. The summed E-state index contributed by atoms with van der Waals surface area (Å²) in [5, 5.41) is 0. The van der Waals surface area contributed by atoms with Crippen molar-refractivity contribution in [2.45, 2.75) is 13.3 Å². The highest BCUT2D eigenvalue weighted by molar-refractivity contribution is 7.69. The molecule has 0 amide bonds. The summed E-state index contributed by atoms with van der Waals surface area (Å²) in [5.74, 6) is 0. The highest BCUT2D eigenvalue weighted by Gasteiger charge is 2.27. The molecule has 0 heterocycles. The Balaban J connectivity index is 3.76. The third kappa shape index (κ3) is 3.61. The van der Waals surface area contributed by atoms with Gasteiger partial charge in [-0.25, -0.2) is 9.36 Å². The summed E-state index contributed by atoms with van der Waals surface area (Å²) >= 11 is 0. The average Bonchev–Trinajstić information content (AvgIpc) is 1.80. The molecule has 10 heavy (non-hydrogen) atoms.